The smallest absolute Gasteiger partial charge is 0.142 e. The molecule has 21 heavy (non-hydrogen) atoms. The van der Waals surface area contributed by atoms with Gasteiger partial charge in [-0.05, 0) is 49.1 Å². The summed E-state index contributed by atoms with van der Waals surface area (Å²) < 4.78 is 13.6. The normalized spacial score (nSPS) is 12.8. The molecule has 0 atom stereocenters. The summed E-state index contributed by atoms with van der Waals surface area (Å²) in [4.78, 5) is 8.37. The fourth-order valence-electron chi connectivity index (χ4n) is 1.94. The largest absolute Gasteiger partial charge is 0.386 e. The number of hydrogen-bond donors (Lipinski definition) is 1. The lowest BCUT2D eigenvalue weighted by atomic mass is 10.0. The van der Waals surface area contributed by atoms with E-state index in [1.54, 1.807) is 39.5 Å². The molecule has 0 aliphatic carbocycles. The highest BCUT2D eigenvalue weighted by molar-refractivity contribution is 5.79. The van der Waals surface area contributed by atoms with Crippen LogP contribution < -0.4 is 5.32 Å². The zero-order valence-corrected chi connectivity index (χ0v) is 13.1. The monoisotopic (exact) mass is 287 g/mol. The minimum atomic E-state index is -0.295. The number of nitrogens with one attached hydrogen (secondary N) is 1. The van der Waals surface area contributed by atoms with E-state index in [4.69, 9.17) is 0 Å². The topological polar surface area (TPSA) is 37.3 Å². The molecule has 0 bridgehead atoms. The van der Waals surface area contributed by atoms with Gasteiger partial charge in [0.25, 0.3) is 0 Å². The molecule has 1 heterocycles. The first-order valence-electron chi connectivity index (χ1n) is 6.78. The van der Waals surface area contributed by atoms with Crippen LogP contribution in [0.5, 0.6) is 0 Å². The van der Waals surface area contributed by atoms with Gasteiger partial charge in [0.2, 0.25) is 0 Å². The molecule has 1 aromatic heterocycles. The van der Waals surface area contributed by atoms with Gasteiger partial charge in [-0.2, -0.15) is 0 Å². The van der Waals surface area contributed by atoms with Crippen molar-refractivity contribution in [3.8, 4) is 0 Å². The molecule has 4 heteroatoms. The van der Waals surface area contributed by atoms with E-state index >= 15 is 0 Å². The van der Waals surface area contributed by atoms with Crippen LogP contribution >= 0.6 is 0 Å². The van der Waals surface area contributed by atoms with Crippen LogP contribution in [0.3, 0.4) is 0 Å². The average Bonchev–Trinajstić information content (AvgIpc) is 2.47. The Balaban J connectivity index is 3.03. The zero-order valence-electron chi connectivity index (χ0n) is 13.1. The van der Waals surface area contributed by atoms with E-state index in [9.17, 15) is 4.39 Å². The molecular formula is C17H22FN3. The number of allylic oxidation sites excluding steroid dienone is 4. The third-order valence-corrected chi connectivity index (χ3v) is 2.94. The van der Waals surface area contributed by atoms with Gasteiger partial charge >= 0.3 is 0 Å². The second-order valence-corrected chi connectivity index (χ2v) is 4.72. The molecule has 0 unspecified atom stereocenters. The Hall–Kier alpha value is -2.23. The van der Waals surface area contributed by atoms with E-state index in [2.05, 4.69) is 21.9 Å². The fourth-order valence-corrected chi connectivity index (χ4v) is 1.94. The molecule has 3 nitrogen and oxygen atoms in total. The van der Waals surface area contributed by atoms with Crippen LogP contribution in [0.1, 0.15) is 23.7 Å². The summed E-state index contributed by atoms with van der Waals surface area (Å²) in [7, 11) is 3.39. The number of halogens is 1. The van der Waals surface area contributed by atoms with Crippen LogP contribution in [0.4, 0.5) is 4.39 Å². The fraction of sp³-hybridized carbons (Fsp3) is 0.294. The number of pyridine rings is 1. The first kappa shape index (κ1) is 16.8. The van der Waals surface area contributed by atoms with Crippen molar-refractivity contribution in [2.24, 2.45) is 4.99 Å². The quantitative estimate of drug-likeness (QED) is 0.642. The molecule has 0 aromatic carbocycles. The van der Waals surface area contributed by atoms with E-state index < -0.39 is 0 Å². The van der Waals surface area contributed by atoms with Crippen molar-refractivity contribution < 1.29 is 4.39 Å². The van der Waals surface area contributed by atoms with Crippen LogP contribution in [-0.4, -0.2) is 25.3 Å². The van der Waals surface area contributed by atoms with Gasteiger partial charge in [0.15, 0.2) is 0 Å². The summed E-state index contributed by atoms with van der Waals surface area (Å²) in [5, 5.41) is 2.84. The molecule has 0 aliphatic rings. The van der Waals surface area contributed by atoms with Crippen LogP contribution in [0.2, 0.25) is 0 Å². The molecule has 1 N–H and O–H groups in total. The number of aliphatic imine (C=N–C) groups is 1. The number of rotatable bonds is 6. The molecule has 0 spiro atoms. The van der Waals surface area contributed by atoms with Gasteiger partial charge in [-0.25, -0.2) is 4.39 Å². The van der Waals surface area contributed by atoms with Crippen LogP contribution in [-0.2, 0) is 6.42 Å². The van der Waals surface area contributed by atoms with Gasteiger partial charge in [0.05, 0.1) is 11.4 Å². The number of aryl methyl sites for hydroxylation is 1. The second-order valence-electron chi connectivity index (χ2n) is 4.72. The molecule has 0 saturated carbocycles. The Labute approximate surface area is 126 Å². The molecule has 1 rings (SSSR count). The minimum absolute atomic E-state index is 0.295. The maximum atomic E-state index is 13.6. The summed E-state index contributed by atoms with van der Waals surface area (Å²) in [6.45, 7) is 7.65. The lowest BCUT2D eigenvalue weighted by Gasteiger charge is -2.09. The lowest BCUT2D eigenvalue weighted by molar-refractivity contribution is 0.631. The molecule has 112 valence electrons. The second kappa shape index (κ2) is 8.15. The summed E-state index contributed by atoms with van der Waals surface area (Å²) in [5.74, 6) is -0.295. The van der Waals surface area contributed by atoms with E-state index in [0.29, 0.717) is 12.1 Å². The van der Waals surface area contributed by atoms with Crippen molar-refractivity contribution in [1.82, 2.24) is 10.3 Å². The maximum absolute atomic E-state index is 13.6. The number of likely N-dealkylation sites (N-methyl/N-ethyl adjacent to an activating group) is 1. The Morgan fingerprint density at radius 1 is 1.52 bits per heavy atom. The summed E-state index contributed by atoms with van der Waals surface area (Å²) >= 11 is 0. The Bertz CT molecular complexity index is 598. The molecule has 0 radical (unpaired) electrons. The minimum Gasteiger partial charge on any atom is -0.386 e. The van der Waals surface area contributed by atoms with Gasteiger partial charge in [-0.1, -0.05) is 12.6 Å². The van der Waals surface area contributed by atoms with Gasteiger partial charge in [0.1, 0.15) is 5.83 Å². The SMILES string of the molecule is C=C(/C=C(NC)\C(F)=C/C)Cc1cc(C)cnc1/C=N\C. The van der Waals surface area contributed by atoms with E-state index in [0.717, 1.165) is 22.4 Å². The van der Waals surface area contributed by atoms with Crippen LogP contribution in [0.15, 0.2) is 53.1 Å². The van der Waals surface area contributed by atoms with Crippen molar-refractivity contribution in [3.63, 3.8) is 0 Å². The molecule has 0 fully saturated rings. The van der Waals surface area contributed by atoms with Gasteiger partial charge in [0, 0.05) is 26.5 Å². The van der Waals surface area contributed by atoms with Crippen molar-refractivity contribution in [2.75, 3.05) is 14.1 Å². The summed E-state index contributed by atoms with van der Waals surface area (Å²) in [6.07, 6.45) is 7.25. The maximum Gasteiger partial charge on any atom is 0.142 e. The predicted octanol–water partition coefficient (Wildman–Crippen LogP) is 3.51. The average molecular weight is 287 g/mol. The van der Waals surface area contributed by atoms with Crippen molar-refractivity contribution in [2.45, 2.75) is 20.3 Å². The number of hydrogen-bond acceptors (Lipinski definition) is 3. The van der Waals surface area contributed by atoms with Crippen molar-refractivity contribution >= 4 is 6.21 Å². The van der Waals surface area contributed by atoms with Gasteiger partial charge in [-0.15, -0.1) is 0 Å². The van der Waals surface area contributed by atoms with E-state index in [1.165, 1.54) is 6.08 Å². The third-order valence-electron chi connectivity index (χ3n) is 2.94. The highest BCUT2D eigenvalue weighted by atomic mass is 19.1. The van der Waals surface area contributed by atoms with E-state index in [-0.39, 0.29) is 5.83 Å². The Morgan fingerprint density at radius 2 is 2.24 bits per heavy atom. The Morgan fingerprint density at radius 3 is 2.81 bits per heavy atom. The van der Waals surface area contributed by atoms with Crippen molar-refractivity contribution in [1.29, 1.82) is 0 Å². The lowest BCUT2D eigenvalue weighted by Crippen LogP contribution is -2.07. The summed E-state index contributed by atoms with van der Waals surface area (Å²) in [5.41, 5.74) is 4.14. The van der Waals surface area contributed by atoms with Crippen LogP contribution in [0.25, 0.3) is 0 Å². The standard InChI is InChI=1S/C17H22FN3/c1-6-15(18)16(20-5)9-12(2)7-14-8-13(3)10-21-17(14)11-19-4/h6,8-11,20H,2,7H2,1,3-5H3/b15-6+,16-9+,19-11-. The van der Waals surface area contributed by atoms with Crippen molar-refractivity contribution in [3.05, 3.63) is 64.9 Å². The van der Waals surface area contributed by atoms with Crippen LogP contribution in [0, 0.1) is 6.92 Å². The Kier molecular flexibility index (Phi) is 6.53. The number of nitrogens with zero attached hydrogens (tertiary/aromatic N) is 2. The highest BCUT2D eigenvalue weighted by Crippen LogP contribution is 2.16. The zero-order chi connectivity index (χ0) is 15.8. The first-order valence-corrected chi connectivity index (χ1v) is 6.78. The molecular weight excluding hydrogens is 265 g/mol. The summed E-state index contributed by atoms with van der Waals surface area (Å²) in [6, 6.07) is 2.05. The molecule has 1 aromatic rings. The third kappa shape index (κ3) is 4.99. The molecule has 0 aliphatic heterocycles. The van der Waals surface area contributed by atoms with Gasteiger partial charge in [-0.3, -0.25) is 9.98 Å². The first-order chi connectivity index (χ1) is 10.0. The molecule has 0 amide bonds. The van der Waals surface area contributed by atoms with Gasteiger partial charge < -0.3 is 5.32 Å². The predicted molar refractivity (Wildman–Crippen MR) is 87.3 cm³/mol. The molecule has 0 saturated heterocycles. The number of aromatic nitrogens is 1. The highest BCUT2D eigenvalue weighted by Gasteiger charge is 2.06. The van der Waals surface area contributed by atoms with E-state index in [1.807, 2.05) is 13.0 Å².